The lowest BCUT2D eigenvalue weighted by Gasteiger charge is -2.33. The van der Waals surface area contributed by atoms with Gasteiger partial charge in [0, 0.05) is 25.0 Å². The highest BCUT2D eigenvalue weighted by atomic mass is 19.4. The molecule has 2 aromatic heterocycles. The number of amides is 1. The Hall–Kier alpha value is -3.43. The first-order valence-electron chi connectivity index (χ1n) is 9.47. The van der Waals surface area contributed by atoms with Crippen molar-refractivity contribution in [3.05, 3.63) is 66.1 Å². The molecule has 1 unspecified atom stereocenters. The van der Waals surface area contributed by atoms with Gasteiger partial charge >= 0.3 is 6.18 Å². The molecular formula is C20H19F3N6O. The maximum atomic E-state index is 12.8. The summed E-state index contributed by atoms with van der Waals surface area (Å²) in [6.07, 6.45) is -1.59. The molecule has 1 aliphatic rings. The van der Waals surface area contributed by atoms with Crippen LogP contribution in [0.1, 0.15) is 35.1 Å². The first kappa shape index (κ1) is 19.9. The highest BCUT2D eigenvalue weighted by molar-refractivity contribution is 6.02. The average molecular weight is 416 g/mol. The molecule has 1 aromatic carbocycles. The summed E-state index contributed by atoms with van der Waals surface area (Å²) in [5.41, 5.74) is -0.0593. The first-order valence-corrected chi connectivity index (χ1v) is 9.47. The molecule has 30 heavy (non-hydrogen) atoms. The molecule has 0 spiro atoms. The highest BCUT2D eigenvalue weighted by Crippen LogP contribution is 2.30. The SMILES string of the molecule is O=C(Nc1ccccc1)c1ccc(N2CCCC(n3ccc(C(F)(F)F)n3)C2)nn1. The molecular weight excluding hydrogens is 397 g/mol. The number of piperidine rings is 1. The van der Waals surface area contributed by atoms with Crippen molar-refractivity contribution < 1.29 is 18.0 Å². The zero-order valence-electron chi connectivity index (χ0n) is 15.9. The number of anilines is 2. The Bertz CT molecular complexity index is 1000. The van der Waals surface area contributed by atoms with Gasteiger partial charge < -0.3 is 10.2 Å². The predicted octanol–water partition coefficient (Wildman–Crippen LogP) is 3.79. The molecule has 1 atom stereocenters. The smallest absolute Gasteiger partial charge is 0.353 e. The predicted molar refractivity (Wildman–Crippen MR) is 104 cm³/mol. The van der Waals surface area contributed by atoms with Gasteiger partial charge in [-0.2, -0.15) is 18.3 Å². The van der Waals surface area contributed by atoms with Gasteiger partial charge in [-0.3, -0.25) is 9.48 Å². The van der Waals surface area contributed by atoms with Crippen LogP contribution in [0, 0.1) is 0 Å². The standard InChI is InChI=1S/C20H19F3N6O/c21-20(22,23)17-10-12-29(27-17)15-7-4-11-28(13-15)18-9-8-16(25-26-18)19(30)24-14-5-2-1-3-6-14/h1-3,5-6,8-10,12,15H,4,7,11,13H2,(H,24,30). The average Bonchev–Trinajstić information content (AvgIpc) is 3.26. The normalized spacial score (nSPS) is 17.0. The van der Waals surface area contributed by atoms with E-state index in [1.165, 1.54) is 10.9 Å². The van der Waals surface area contributed by atoms with Crippen molar-refractivity contribution >= 4 is 17.4 Å². The number of alkyl halides is 3. The van der Waals surface area contributed by atoms with E-state index in [0.29, 0.717) is 24.6 Å². The molecule has 156 valence electrons. The quantitative estimate of drug-likeness (QED) is 0.701. The highest BCUT2D eigenvalue weighted by Gasteiger charge is 2.34. The van der Waals surface area contributed by atoms with Crippen LogP contribution in [0.15, 0.2) is 54.7 Å². The second-order valence-electron chi connectivity index (χ2n) is 7.02. The molecule has 1 aliphatic heterocycles. The van der Waals surface area contributed by atoms with Gasteiger partial charge in [0.2, 0.25) is 0 Å². The Morgan fingerprint density at radius 2 is 1.87 bits per heavy atom. The largest absolute Gasteiger partial charge is 0.435 e. The summed E-state index contributed by atoms with van der Waals surface area (Å²) in [6.45, 7) is 1.16. The van der Waals surface area contributed by atoms with E-state index in [4.69, 9.17) is 0 Å². The van der Waals surface area contributed by atoms with Crippen LogP contribution in [0.3, 0.4) is 0 Å². The van der Waals surface area contributed by atoms with Crippen molar-refractivity contribution in [2.75, 3.05) is 23.3 Å². The van der Waals surface area contributed by atoms with E-state index in [9.17, 15) is 18.0 Å². The Morgan fingerprint density at radius 3 is 2.53 bits per heavy atom. The second kappa shape index (κ2) is 8.13. The van der Waals surface area contributed by atoms with Crippen LogP contribution >= 0.6 is 0 Å². The molecule has 1 amide bonds. The van der Waals surface area contributed by atoms with E-state index in [1.54, 1.807) is 24.3 Å². The fourth-order valence-electron chi connectivity index (χ4n) is 3.40. The minimum Gasteiger partial charge on any atom is -0.353 e. The van der Waals surface area contributed by atoms with E-state index in [2.05, 4.69) is 20.6 Å². The molecule has 1 fully saturated rings. The van der Waals surface area contributed by atoms with Crippen LogP contribution in [0.2, 0.25) is 0 Å². The summed E-state index contributed by atoms with van der Waals surface area (Å²) in [7, 11) is 0. The summed E-state index contributed by atoms with van der Waals surface area (Å²) in [4.78, 5) is 14.2. The third-order valence-corrected chi connectivity index (χ3v) is 4.91. The summed E-state index contributed by atoms with van der Waals surface area (Å²) in [5, 5.41) is 14.6. The molecule has 1 saturated heterocycles. The Balaban J connectivity index is 1.42. The van der Waals surface area contributed by atoms with Gasteiger partial charge in [-0.15, -0.1) is 10.2 Å². The van der Waals surface area contributed by atoms with Gasteiger partial charge in [-0.05, 0) is 43.2 Å². The molecule has 10 heteroatoms. The number of para-hydroxylation sites is 1. The fourth-order valence-corrected chi connectivity index (χ4v) is 3.40. The number of benzene rings is 1. The summed E-state index contributed by atoms with van der Waals surface area (Å²) < 4.78 is 39.8. The lowest BCUT2D eigenvalue weighted by atomic mass is 10.1. The summed E-state index contributed by atoms with van der Waals surface area (Å²) >= 11 is 0. The monoisotopic (exact) mass is 416 g/mol. The number of aromatic nitrogens is 4. The van der Waals surface area contributed by atoms with Crippen LogP contribution in [-0.4, -0.2) is 39.0 Å². The molecule has 4 rings (SSSR count). The van der Waals surface area contributed by atoms with Crippen LogP contribution in [0.25, 0.3) is 0 Å². The third kappa shape index (κ3) is 4.42. The fraction of sp³-hybridized carbons (Fsp3) is 0.300. The van der Waals surface area contributed by atoms with E-state index >= 15 is 0 Å². The molecule has 0 aliphatic carbocycles. The van der Waals surface area contributed by atoms with Gasteiger partial charge in [-0.25, -0.2) is 0 Å². The zero-order chi connectivity index (χ0) is 21.1. The number of hydrogen-bond acceptors (Lipinski definition) is 5. The molecule has 0 bridgehead atoms. The van der Waals surface area contributed by atoms with Crippen molar-refractivity contribution in [2.24, 2.45) is 0 Å². The minimum absolute atomic E-state index is 0.179. The third-order valence-electron chi connectivity index (χ3n) is 4.91. The van der Waals surface area contributed by atoms with Gasteiger partial charge in [0.15, 0.2) is 17.2 Å². The first-order chi connectivity index (χ1) is 14.4. The van der Waals surface area contributed by atoms with Gasteiger partial charge in [0.25, 0.3) is 5.91 Å². The van der Waals surface area contributed by atoms with Crippen molar-refractivity contribution in [3.8, 4) is 0 Å². The lowest BCUT2D eigenvalue weighted by Crippen LogP contribution is -2.37. The number of hydrogen-bond donors (Lipinski definition) is 1. The van der Waals surface area contributed by atoms with Crippen LogP contribution < -0.4 is 10.2 Å². The van der Waals surface area contributed by atoms with E-state index < -0.39 is 11.9 Å². The minimum atomic E-state index is -4.46. The second-order valence-corrected chi connectivity index (χ2v) is 7.02. The number of rotatable bonds is 4. The number of carbonyl (C=O) groups is 1. The van der Waals surface area contributed by atoms with Crippen LogP contribution in [-0.2, 0) is 6.18 Å². The Kier molecular flexibility index (Phi) is 5.39. The number of nitrogens with one attached hydrogen (secondary N) is 1. The lowest BCUT2D eigenvalue weighted by molar-refractivity contribution is -0.141. The molecule has 0 radical (unpaired) electrons. The molecule has 7 nitrogen and oxygen atoms in total. The van der Waals surface area contributed by atoms with Crippen molar-refractivity contribution in [3.63, 3.8) is 0 Å². The van der Waals surface area contributed by atoms with E-state index in [1.807, 2.05) is 23.1 Å². The molecule has 0 saturated carbocycles. The van der Waals surface area contributed by atoms with Crippen molar-refractivity contribution in [1.29, 1.82) is 0 Å². The number of carbonyl (C=O) groups excluding carboxylic acids is 1. The van der Waals surface area contributed by atoms with E-state index in [-0.39, 0.29) is 17.6 Å². The van der Waals surface area contributed by atoms with Gasteiger partial charge in [-0.1, -0.05) is 18.2 Å². The zero-order valence-corrected chi connectivity index (χ0v) is 15.9. The topological polar surface area (TPSA) is 75.9 Å². The van der Waals surface area contributed by atoms with Crippen LogP contribution in [0.4, 0.5) is 24.7 Å². The van der Waals surface area contributed by atoms with Crippen molar-refractivity contribution in [2.45, 2.75) is 25.1 Å². The maximum absolute atomic E-state index is 12.8. The van der Waals surface area contributed by atoms with Crippen molar-refractivity contribution in [1.82, 2.24) is 20.0 Å². The molecule has 3 heterocycles. The summed E-state index contributed by atoms with van der Waals surface area (Å²) in [6, 6.07) is 13.1. The summed E-state index contributed by atoms with van der Waals surface area (Å²) in [5.74, 6) is 0.201. The number of halogens is 3. The Morgan fingerprint density at radius 1 is 1.07 bits per heavy atom. The van der Waals surface area contributed by atoms with Crippen LogP contribution in [0.5, 0.6) is 0 Å². The number of nitrogens with zero attached hydrogens (tertiary/aromatic N) is 5. The maximum Gasteiger partial charge on any atom is 0.435 e. The van der Waals surface area contributed by atoms with Gasteiger partial charge in [0.05, 0.1) is 6.04 Å². The Labute approximate surface area is 170 Å². The molecule has 3 aromatic rings. The van der Waals surface area contributed by atoms with Gasteiger partial charge in [0.1, 0.15) is 0 Å². The molecule has 1 N–H and O–H groups in total. The van der Waals surface area contributed by atoms with E-state index in [0.717, 1.165) is 18.9 Å².